The van der Waals surface area contributed by atoms with Crippen molar-refractivity contribution >= 4 is 21.8 Å². The molecule has 1 aliphatic heterocycles. The second kappa shape index (κ2) is 5.41. The highest BCUT2D eigenvalue weighted by atomic mass is 79.9. The molecule has 1 atom stereocenters. The van der Waals surface area contributed by atoms with E-state index >= 15 is 0 Å². The fourth-order valence-corrected chi connectivity index (χ4v) is 3.73. The molecule has 3 rings (SSSR count). The van der Waals surface area contributed by atoms with Crippen LogP contribution >= 0.6 is 15.9 Å². The highest BCUT2D eigenvalue weighted by Gasteiger charge is 2.57. The van der Waals surface area contributed by atoms with E-state index < -0.39 is 0 Å². The summed E-state index contributed by atoms with van der Waals surface area (Å²) >= 11 is 3.32. The van der Waals surface area contributed by atoms with Crippen LogP contribution in [0.25, 0.3) is 0 Å². The number of nitrogens with zero attached hydrogens (tertiary/aromatic N) is 2. The first-order valence-electron chi connectivity index (χ1n) is 7.79. The van der Waals surface area contributed by atoms with E-state index in [0.29, 0.717) is 16.8 Å². The molecule has 22 heavy (non-hydrogen) atoms. The molecule has 0 radical (unpaired) electrons. The quantitative estimate of drug-likeness (QED) is 0.767. The van der Waals surface area contributed by atoms with Crippen molar-refractivity contribution in [2.75, 3.05) is 13.7 Å². The van der Waals surface area contributed by atoms with Crippen LogP contribution in [0.2, 0.25) is 0 Å². The van der Waals surface area contributed by atoms with E-state index in [-0.39, 0.29) is 28.7 Å². The molecule has 120 valence electrons. The Morgan fingerprint density at radius 3 is 2.68 bits per heavy atom. The summed E-state index contributed by atoms with van der Waals surface area (Å²) in [6.07, 6.45) is 5.58. The lowest BCUT2D eigenvalue weighted by Crippen LogP contribution is -2.50. The lowest BCUT2D eigenvalue weighted by molar-refractivity contribution is 0.0549. The molecule has 1 amide bonds. The van der Waals surface area contributed by atoms with Crippen LogP contribution in [0.4, 0.5) is 0 Å². The maximum atomic E-state index is 12.8. The third-order valence-corrected chi connectivity index (χ3v) is 5.59. The van der Waals surface area contributed by atoms with Crippen LogP contribution in [0, 0.1) is 0 Å². The van der Waals surface area contributed by atoms with Gasteiger partial charge in [0.05, 0.1) is 22.7 Å². The van der Waals surface area contributed by atoms with Crippen LogP contribution in [-0.4, -0.2) is 34.6 Å². The molecular formula is C16H21BrN2O3. The molecule has 2 heterocycles. The van der Waals surface area contributed by atoms with Crippen molar-refractivity contribution in [3.8, 4) is 5.75 Å². The summed E-state index contributed by atoms with van der Waals surface area (Å²) in [5.74, 6) is 0.0636. The van der Waals surface area contributed by atoms with Gasteiger partial charge in [0.25, 0.3) is 5.91 Å². The van der Waals surface area contributed by atoms with Crippen LogP contribution in [0.5, 0.6) is 5.75 Å². The number of aromatic nitrogens is 1. The molecule has 1 spiro atoms. The number of likely N-dealkylation sites (N-methyl/N-ethyl adjacent to an activating group) is 1. The Labute approximate surface area is 138 Å². The van der Waals surface area contributed by atoms with E-state index in [1.54, 1.807) is 11.1 Å². The van der Waals surface area contributed by atoms with Crippen molar-refractivity contribution in [2.24, 2.45) is 0 Å². The third kappa shape index (κ3) is 2.11. The second-order valence-electron chi connectivity index (χ2n) is 6.24. The van der Waals surface area contributed by atoms with Crippen molar-refractivity contribution in [3.05, 3.63) is 26.6 Å². The van der Waals surface area contributed by atoms with Crippen molar-refractivity contribution < 1.29 is 9.53 Å². The summed E-state index contributed by atoms with van der Waals surface area (Å²) in [4.78, 5) is 27.0. The minimum Gasteiger partial charge on any atom is -0.487 e. The van der Waals surface area contributed by atoms with Gasteiger partial charge in [-0.05, 0) is 42.1 Å². The molecule has 2 aliphatic rings. The number of amides is 1. The predicted molar refractivity (Wildman–Crippen MR) is 87.6 cm³/mol. The molecule has 1 aliphatic carbocycles. The summed E-state index contributed by atoms with van der Waals surface area (Å²) in [5, 5.41) is 0. The van der Waals surface area contributed by atoms with Gasteiger partial charge in [-0.2, -0.15) is 0 Å². The maximum Gasteiger partial charge on any atom is 0.274 e. The first-order valence-corrected chi connectivity index (χ1v) is 8.59. The number of carbonyl (C=O) groups is 1. The monoisotopic (exact) mass is 368 g/mol. The molecule has 0 unspecified atom stereocenters. The summed E-state index contributed by atoms with van der Waals surface area (Å²) in [7, 11) is 1.83. The molecule has 0 saturated heterocycles. The fraction of sp³-hybridized carbons (Fsp3) is 0.625. The van der Waals surface area contributed by atoms with Gasteiger partial charge in [0.15, 0.2) is 11.4 Å². The van der Waals surface area contributed by atoms with E-state index in [1.807, 2.05) is 11.6 Å². The molecule has 0 bridgehead atoms. The van der Waals surface area contributed by atoms with Crippen molar-refractivity contribution in [2.45, 2.75) is 51.1 Å². The SMILES string of the molecule is CCCCOc1c2n(cc(Br)c1=O)[C@H](C)C1(CC1)N(C)C2=O. The predicted octanol–water partition coefficient (Wildman–Crippen LogP) is 2.97. The average molecular weight is 369 g/mol. The highest BCUT2D eigenvalue weighted by Crippen LogP contribution is 2.53. The van der Waals surface area contributed by atoms with Gasteiger partial charge in [-0.1, -0.05) is 13.3 Å². The van der Waals surface area contributed by atoms with Crippen LogP contribution < -0.4 is 10.2 Å². The van der Waals surface area contributed by atoms with Crippen LogP contribution in [-0.2, 0) is 0 Å². The molecule has 0 N–H and O–H groups in total. The largest absolute Gasteiger partial charge is 0.487 e. The Morgan fingerprint density at radius 1 is 1.41 bits per heavy atom. The Bertz CT molecular complexity index is 679. The van der Waals surface area contributed by atoms with Gasteiger partial charge in [-0.15, -0.1) is 0 Å². The van der Waals surface area contributed by atoms with E-state index in [9.17, 15) is 9.59 Å². The van der Waals surface area contributed by atoms with Gasteiger partial charge >= 0.3 is 0 Å². The van der Waals surface area contributed by atoms with Crippen LogP contribution in [0.1, 0.15) is 56.1 Å². The van der Waals surface area contributed by atoms with Gasteiger partial charge < -0.3 is 14.2 Å². The van der Waals surface area contributed by atoms with E-state index in [4.69, 9.17) is 4.74 Å². The Balaban J connectivity index is 2.13. The number of halogens is 1. The molecule has 1 aromatic rings. The smallest absolute Gasteiger partial charge is 0.274 e. The van der Waals surface area contributed by atoms with E-state index in [1.165, 1.54) is 0 Å². The van der Waals surface area contributed by atoms with Crippen molar-refractivity contribution in [1.82, 2.24) is 9.47 Å². The van der Waals surface area contributed by atoms with Gasteiger partial charge in [-0.25, -0.2) is 0 Å². The fourth-order valence-electron chi connectivity index (χ4n) is 3.33. The minimum atomic E-state index is -0.247. The summed E-state index contributed by atoms with van der Waals surface area (Å²) in [6, 6.07) is 0.135. The normalized spacial score (nSPS) is 21.9. The minimum absolute atomic E-state index is 0.0979. The van der Waals surface area contributed by atoms with Crippen molar-refractivity contribution in [1.29, 1.82) is 0 Å². The number of rotatable bonds is 4. The van der Waals surface area contributed by atoms with E-state index in [2.05, 4.69) is 29.8 Å². The molecule has 5 nitrogen and oxygen atoms in total. The Hall–Kier alpha value is -1.30. The molecule has 6 heteroatoms. The molecule has 1 saturated carbocycles. The zero-order valence-corrected chi connectivity index (χ0v) is 14.8. The maximum absolute atomic E-state index is 12.8. The summed E-state index contributed by atoms with van der Waals surface area (Å²) in [6.45, 7) is 4.61. The molecule has 0 aromatic carbocycles. The van der Waals surface area contributed by atoms with Gasteiger partial charge in [0.1, 0.15) is 0 Å². The third-order valence-electron chi connectivity index (χ3n) is 5.03. The number of hydrogen-bond acceptors (Lipinski definition) is 3. The summed E-state index contributed by atoms with van der Waals surface area (Å²) < 4.78 is 8.07. The molecular weight excluding hydrogens is 348 g/mol. The first-order chi connectivity index (χ1) is 10.4. The Kier molecular flexibility index (Phi) is 3.83. The zero-order valence-electron chi connectivity index (χ0n) is 13.2. The zero-order chi connectivity index (χ0) is 16.1. The second-order valence-corrected chi connectivity index (χ2v) is 7.09. The molecule has 1 fully saturated rings. The lowest BCUT2D eigenvalue weighted by atomic mass is 10.0. The number of unbranched alkanes of at least 4 members (excludes halogenated alkanes) is 1. The van der Waals surface area contributed by atoms with Crippen molar-refractivity contribution in [3.63, 3.8) is 0 Å². The standard InChI is InChI=1S/C16H21BrN2O3/c1-4-5-8-22-14-12-15(21)18(3)16(6-7-16)10(2)19(12)9-11(17)13(14)20/h9-10H,4-8H2,1-3H3/t10-/m1/s1. The summed E-state index contributed by atoms with van der Waals surface area (Å²) in [5.41, 5.74) is 0.0408. The van der Waals surface area contributed by atoms with Crippen LogP contribution in [0.15, 0.2) is 15.5 Å². The molecule has 1 aromatic heterocycles. The van der Waals surface area contributed by atoms with Crippen LogP contribution in [0.3, 0.4) is 0 Å². The lowest BCUT2D eigenvalue weighted by Gasteiger charge is -2.41. The van der Waals surface area contributed by atoms with Gasteiger partial charge in [0.2, 0.25) is 5.43 Å². The van der Waals surface area contributed by atoms with Gasteiger partial charge in [0, 0.05) is 13.2 Å². The topological polar surface area (TPSA) is 51.5 Å². The number of hydrogen-bond donors (Lipinski definition) is 0. The Morgan fingerprint density at radius 2 is 2.09 bits per heavy atom. The average Bonchev–Trinajstić information content (AvgIpc) is 3.29. The van der Waals surface area contributed by atoms with Gasteiger partial charge in [-0.3, -0.25) is 9.59 Å². The van der Waals surface area contributed by atoms with E-state index in [0.717, 1.165) is 25.7 Å². The number of ether oxygens (including phenoxy) is 1. The number of pyridine rings is 1. The number of fused-ring (bicyclic) bond motifs is 1. The number of carbonyl (C=O) groups excluding carboxylic acids is 1. The highest BCUT2D eigenvalue weighted by molar-refractivity contribution is 9.10. The first kappa shape index (κ1) is 15.6.